The van der Waals surface area contributed by atoms with Gasteiger partial charge in [0.05, 0.1) is 56.3 Å². The summed E-state index contributed by atoms with van der Waals surface area (Å²) < 4.78 is 31.2. The van der Waals surface area contributed by atoms with Crippen LogP contribution in [-0.2, 0) is 60.7 Å². The van der Waals surface area contributed by atoms with E-state index in [-0.39, 0.29) is 44.0 Å². The quantitative estimate of drug-likeness (QED) is 0.0934. The van der Waals surface area contributed by atoms with E-state index in [1.807, 2.05) is 90.4 Å². The molecule has 2 saturated heterocycles. The maximum atomic E-state index is 13.4. The van der Waals surface area contributed by atoms with Crippen molar-refractivity contribution in [1.29, 1.82) is 0 Å². The summed E-state index contributed by atoms with van der Waals surface area (Å²) in [5, 5.41) is 49.3. The van der Waals surface area contributed by atoms with Crippen molar-refractivity contribution >= 4 is 188 Å². The van der Waals surface area contributed by atoms with Gasteiger partial charge in [-0.3, -0.25) is 24.0 Å². The molecule has 0 aliphatic carbocycles. The Kier molecular flexibility index (Phi) is 18.7. The van der Waals surface area contributed by atoms with E-state index in [9.17, 15) is 44.4 Å². The number of benzene rings is 2. The molecular weight excluding hydrogens is 1450 g/mol. The van der Waals surface area contributed by atoms with Gasteiger partial charge < -0.3 is 65.4 Å². The predicted molar refractivity (Wildman–Crippen MR) is 258 cm³/mol. The number of ether oxygens (including phenoxy) is 5. The van der Waals surface area contributed by atoms with Gasteiger partial charge in [0, 0.05) is 26.3 Å². The summed E-state index contributed by atoms with van der Waals surface area (Å²) in [7, 11) is 0. The summed E-state index contributed by atoms with van der Waals surface area (Å²) in [4.78, 5) is 65.5. The van der Waals surface area contributed by atoms with E-state index in [0.29, 0.717) is 43.9 Å². The van der Waals surface area contributed by atoms with E-state index in [0.717, 1.165) is 0 Å². The molecule has 58 heavy (non-hydrogen) atoms. The Hall–Kier alpha value is -0.150. The van der Waals surface area contributed by atoms with Gasteiger partial charge in [-0.15, -0.1) is 0 Å². The lowest BCUT2D eigenvalue weighted by Gasteiger charge is -2.23. The van der Waals surface area contributed by atoms with Crippen molar-refractivity contribution in [1.82, 2.24) is 0 Å². The number of aliphatic hydroxyl groups excluding tert-OH is 4. The summed E-state index contributed by atoms with van der Waals surface area (Å²) in [6.07, 6.45) is -5.39. The third-order valence-electron chi connectivity index (χ3n) is 8.32. The van der Waals surface area contributed by atoms with E-state index in [1.54, 1.807) is 27.7 Å². The second kappa shape index (κ2) is 21.5. The minimum atomic E-state index is -1.76. The van der Waals surface area contributed by atoms with E-state index in [2.05, 4.69) is 66.4 Å². The Balaban J connectivity index is 1.63. The van der Waals surface area contributed by atoms with Crippen LogP contribution in [0.2, 0.25) is 0 Å². The first-order chi connectivity index (χ1) is 27.0. The lowest BCUT2D eigenvalue weighted by molar-refractivity contribution is -0.150. The fourth-order valence-electron chi connectivity index (χ4n) is 5.29. The van der Waals surface area contributed by atoms with Crippen molar-refractivity contribution in [3.8, 4) is 0 Å². The van der Waals surface area contributed by atoms with Gasteiger partial charge in [0.15, 0.2) is 36.0 Å². The highest BCUT2D eigenvalue weighted by Crippen LogP contribution is 2.42. The van der Waals surface area contributed by atoms with Crippen LogP contribution in [0.5, 0.6) is 0 Å². The van der Waals surface area contributed by atoms with E-state index in [4.69, 9.17) is 23.7 Å². The molecule has 0 bridgehead atoms. The van der Waals surface area contributed by atoms with Crippen LogP contribution < -0.4 is 21.3 Å². The maximum Gasteiger partial charge on any atom is 0.306 e. The van der Waals surface area contributed by atoms with Crippen molar-refractivity contribution in [2.24, 2.45) is 0 Å². The van der Waals surface area contributed by atoms with Gasteiger partial charge in [-0.05, 0) is 175 Å². The summed E-state index contributed by atoms with van der Waals surface area (Å²) >= 11 is 11.8. The molecular formula is C34H38I6N4O14. The van der Waals surface area contributed by atoms with Gasteiger partial charge in [0.2, 0.25) is 0 Å². The van der Waals surface area contributed by atoms with Gasteiger partial charge in [0.1, 0.15) is 6.61 Å². The van der Waals surface area contributed by atoms with Crippen molar-refractivity contribution in [2.75, 3.05) is 47.7 Å². The smallest absolute Gasteiger partial charge is 0.306 e. The van der Waals surface area contributed by atoms with Crippen LogP contribution in [0, 0.1) is 21.4 Å². The maximum absolute atomic E-state index is 13.4. The van der Waals surface area contributed by atoms with Crippen LogP contribution in [0.15, 0.2) is 0 Å². The highest BCUT2D eigenvalue weighted by atomic mass is 127. The first kappa shape index (κ1) is 50.5. The zero-order chi connectivity index (χ0) is 43.4. The standard InChI is InChI=1S/C34H38I6N4O14/c1-33(2)55-10-16(57-33)31(52)43-25-19(35)12(20(36)26(23(25)39)44-32(53)17-11-56-34(3,4)58-17)5-6-18(49)54-9-13-21(37)27(41-29(50)14(47)7-45)24(40)28(22(13)38)42-30(51)15(48)8-46/h14-17,45-48H,5-11H2,1-4H3,(H,41,50)(H,42,51)(H,43,52)(H,44,53). The van der Waals surface area contributed by atoms with Crippen LogP contribution >= 0.6 is 136 Å². The highest BCUT2D eigenvalue weighted by Gasteiger charge is 2.39. The Morgan fingerprint density at radius 1 is 0.638 bits per heavy atom. The molecule has 2 aromatic rings. The topological polar surface area (TPSA) is 261 Å². The highest BCUT2D eigenvalue weighted by molar-refractivity contribution is 14.1. The number of carbonyl (C=O) groups excluding carboxylic acids is 5. The lowest BCUT2D eigenvalue weighted by Crippen LogP contribution is -2.34. The number of hydrogen-bond acceptors (Lipinski definition) is 14. The van der Waals surface area contributed by atoms with E-state index < -0.39 is 78.8 Å². The number of nitrogens with one attached hydrogen (secondary N) is 4. The molecule has 2 heterocycles. The molecule has 8 N–H and O–H groups in total. The Morgan fingerprint density at radius 3 is 1.34 bits per heavy atom. The van der Waals surface area contributed by atoms with E-state index >= 15 is 0 Å². The molecule has 2 fully saturated rings. The fraction of sp³-hybridized carbons (Fsp3) is 0.500. The Labute approximate surface area is 414 Å². The van der Waals surface area contributed by atoms with Gasteiger partial charge in [-0.25, -0.2) is 0 Å². The molecule has 0 saturated carbocycles. The molecule has 4 atom stereocenters. The number of rotatable bonds is 15. The molecule has 2 aliphatic rings. The van der Waals surface area contributed by atoms with Gasteiger partial charge in [-0.1, -0.05) is 0 Å². The number of carbonyl (C=O) groups is 5. The second-order valence-corrected chi connectivity index (χ2v) is 20.0. The van der Waals surface area contributed by atoms with Gasteiger partial charge in [0.25, 0.3) is 23.6 Å². The number of aliphatic hydroxyl groups is 4. The SMILES string of the molecule is CC1(C)OCC(C(=O)Nc2c(I)c(CCC(=O)OCc3c(I)c(NC(=O)C(O)CO)c(I)c(NC(=O)C(O)CO)c3I)c(I)c(NC(=O)C3COC(C)(C)O3)c2I)O1. The Bertz CT molecular complexity index is 1850. The summed E-state index contributed by atoms with van der Waals surface area (Å²) in [6.45, 7) is 4.79. The normalized spacial score (nSPS) is 19.3. The van der Waals surface area contributed by atoms with Crippen molar-refractivity contribution in [3.05, 3.63) is 32.5 Å². The number of esters is 1. The number of anilines is 4. The molecule has 4 amide bonds. The van der Waals surface area contributed by atoms with Crippen LogP contribution in [0.1, 0.15) is 45.2 Å². The number of amides is 4. The molecule has 24 heteroatoms. The zero-order valence-corrected chi connectivity index (χ0v) is 43.8. The molecule has 0 radical (unpaired) electrons. The Morgan fingerprint density at radius 2 is 1.00 bits per heavy atom. The molecule has 4 rings (SSSR count). The average Bonchev–Trinajstić information content (AvgIpc) is 3.74. The summed E-state index contributed by atoms with van der Waals surface area (Å²) in [6, 6.07) is 0. The van der Waals surface area contributed by atoms with Crippen LogP contribution in [0.3, 0.4) is 0 Å². The average molecular weight is 1490 g/mol. The monoisotopic (exact) mass is 1490 g/mol. The van der Waals surface area contributed by atoms with Crippen molar-refractivity contribution in [3.63, 3.8) is 0 Å². The third-order valence-corrected chi connectivity index (χ3v) is 15.2. The van der Waals surface area contributed by atoms with Crippen molar-refractivity contribution in [2.45, 2.75) is 83.1 Å². The summed E-state index contributed by atoms with van der Waals surface area (Å²) in [5.74, 6) is -5.38. The second-order valence-electron chi connectivity index (χ2n) is 13.5. The van der Waals surface area contributed by atoms with Crippen LogP contribution in [0.4, 0.5) is 22.7 Å². The van der Waals surface area contributed by atoms with Gasteiger partial charge >= 0.3 is 5.97 Å². The molecule has 0 spiro atoms. The molecule has 2 aromatic carbocycles. The van der Waals surface area contributed by atoms with Crippen LogP contribution in [-0.4, -0.2) is 112 Å². The first-order valence-corrected chi connectivity index (χ1v) is 23.5. The minimum absolute atomic E-state index is 0.0306. The molecule has 4 unspecified atom stereocenters. The largest absolute Gasteiger partial charge is 0.461 e. The van der Waals surface area contributed by atoms with E-state index in [1.165, 1.54) is 0 Å². The van der Waals surface area contributed by atoms with Gasteiger partial charge in [-0.2, -0.15) is 0 Å². The first-order valence-electron chi connectivity index (χ1n) is 17.0. The fourth-order valence-corrected chi connectivity index (χ4v) is 13.5. The van der Waals surface area contributed by atoms with Crippen LogP contribution in [0.25, 0.3) is 0 Å². The summed E-state index contributed by atoms with van der Waals surface area (Å²) in [5.41, 5.74) is 1.99. The lowest BCUT2D eigenvalue weighted by atomic mass is 10.1. The third kappa shape index (κ3) is 12.5. The molecule has 18 nitrogen and oxygen atoms in total. The minimum Gasteiger partial charge on any atom is -0.461 e. The molecule has 2 aliphatic heterocycles. The number of hydrogen-bond donors (Lipinski definition) is 8. The van der Waals surface area contributed by atoms with Crippen molar-refractivity contribution < 1.29 is 68.1 Å². The number of halogens is 6. The molecule has 320 valence electrons. The zero-order valence-electron chi connectivity index (χ0n) is 30.9. The predicted octanol–water partition coefficient (Wildman–Crippen LogP) is 3.75. The molecule has 0 aromatic heterocycles.